The van der Waals surface area contributed by atoms with E-state index in [1.54, 1.807) is 0 Å². The van der Waals surface area contributed by atoms with Crippen LogP contribution >= 0.6 is 0 Å². The molecule has 0 radical (unpaired) electrons. The molecule has 0 aromatic heterocycles. The van der Waals surface area contributed by atoms with Crippen molar-refractivity contribution >= 4 is 23.4 Å². The van der Waals surface area contributed by atoms with E-state index in [4.69, 9.17) is 4.74 Å². The number of carbonyl (C=O) groups is 3. The summed E-state index contributed by atoms with van der Waals surface area (Å²) in [5.74, 6) is -2.51. The third-order valence-corrected chi connectivity index (χ3v) is 7.08. The Morgan fingerprint density at radius 1 is 1.30 bits per heavy atom. The number of nitrogens with two attached hydrogens (primary N) is 1. The summed E-state index contributed by atoms with van der Waals surface area (Å²) in [7, 11) is 0. The second-order valence-electron chi connectivity index (χ2n) is 9.40. The molecule has 0 aliphatic carbocycles. The van der Waals surface area contributed by atoms with Gasteiger partial charge in [0.2, 0.25) is 17.4 Å². The van der Waals surface area contributed by atoms with E-state index in [1.165, 1.54) is 23.1 Å². The quantitative estimate of drug-likeness (QED) is 0.709. The largest absolute Gasteiger partial charge is 0.376 e. The summed E-state index contributed by atoms with van der Waals surface area (Å²) in [5, 5.41) is 4.69. The Bertz CT molecular complexity index is 929. The number of anilines is 1. The Balaban J connectivity index is 1.59. The summed E-state index contributed by atoms with van der Waals surface area (Å²) in [6.07, 6.45) is 2.26. The molecule has 1 spiro atoms. The van der Waals surface area contributed by atoms with E-state index >= 15 is 0 Å². The molecule has 8 heteroatoms. The molecular formula is C22H27FN3O4+. The van der Waals surface area contributed by atoms with Crippen molar-refractivity contribution in [3.63, 3.8) is 0 Å². The number of hydrogen-bond acceptors (Lipinski definition) is 4. The fraction of sp³-hybridized carbons (Fsp3) is 0.591. The van der Waals surface area contributed by atoms with Gasteiger partial charge >= 0.3 is 0 Å². The Hall–Kier alpha value is -2.32. The number of quaternary nitrogens is 1. The maximum Gasteiger partial charge on any atom is 0.291 e. The number of rotatable bonds is 4. The predicted molar refractivity (Wildman–Crippen MR) is 105 cm³/mol. The molecule has 0 saturated carbocycles. The number of hydrogen-bond donors (Lipinski definition) is 2. The first kappa shape index (κ1) is 19.6. The van der Waals surface area contributed by atoms with Gasteiger partial charge in [0.05, 0.1) is 18.3 Å². The van der Waals surface area contributed by atoms with Crippen molar-refractivity contribution in [3.8, 4) is 0 Å². The summed E-state index contributed by atoms with van der Waals surface area (Å²) >= 11 is 0. The smallest absolute Gasteiger partial charge is 0.291 e. The van der Waals surface area contributed by atoms with Gasteiger partial charge in [-0.15, -0.1) is 0 Å². The number of benzene rings is 1. The third-order valence-electron chi connectivity index (χ3n) is 7.08. The van der Waals surface area contributed by atoms with Crippen molar-refractivity contribution in [2.45, 2.75) is 50.8 Å². The van der Waals surface area contributed by atoms with Crippen LogP contribution in [-0.4, -0.2) is 47.9 Å². The number of imide groups is 1. The van der Waals surface area contributed by atoms with Crippen LogP contribution in [0.25, 0.3) is 0 Å². The van der Waals surface area contributed by atoms with Crippen LogP contribution in [0.4, 0.5) is 10.1 Å². The fourth-order valence-electron chi connectivity index (χ4n) is 5.93. The molecule has 1 aromatic rings. The molecule has 5 rings (SSSR count). The van der Waals surface area contributed by atoms with Crippen molar-refractivity contribution in [2.24, 2.45) is 17.8 Å². The highest BCUT2D eigenvalue weighted by Crippen LogP contribution is 2.50. The van der Waals surface area contributed by atoms with Crippen LogP contribution in [0.3, 0.4) is 0 Å². The minimum Gasteiger partial charge on any atom is -0.376 e. The number of amides is 3. The molecule has 160 valence electrons. The number of nitrogens with one attached hydrogen (secondary N) is 1. The average Bonchev–Trinajstić information content (AvgIpc) is 3.42. The Morgan fingerprint density at radius 3 is 2.80 bits per heavy atom. The minimum atomic E-state index is -1.31. The molecule has 0 unspecified atom stereocenters. The van der Waals surface area contributed by atoms with E-state index in [2.05, 4.69) is 19.2 Å². The molecule has 3 amide bonds. The summed E-state index contributed by atoms with van der Waals surface area (Å²) in [6, 6.07) is 3.93. The molecular weight excluding hydrogens is 389 g/mol. The maximum atomic E-state index is 14.2. The van der Waals surface area contributed by atoms with Gasteiger partial charge < -0.3 is 15.4 Å². The Labute approximate surface area is 174 Å². The molecule has 4 aliphatic rings. The van der Waals surface area contributed by atoms with Crippen LogP contribution in [0.2, 0.25) is 0 Å². The van der Waals surface area contributed by atoms with Crippen LogP contribution in [0, 0.1) is 23.6 Å². The van der Waals surface area contributed by atoms with Gasteiger partial charge in [0.1, 0.15) is 23.7 Å². The van der Waals surface area contributed by atoms with Gasteiger partial charge in [0, 0.05) is 18.6 Å². The summed E-state index contributed by atoms with van der Waals surface area (Å²) in [6.45, 7) is 4.98. The van der Waals surface area contributed by atoms with Gasteiger partial charge in [0.15, 0.2) is 0 Å². The van der Waals surface area contributed by atoms with Crippen LogP contribution in [0.5, 0.6) is 0 Å². The molecule has 3 fully saturated rings. The van der Waals surface area contributed by atoms with Gasteiger partial charge in [-0.05, 0) is 37.0 Å². The molecule has 3 saturated heterocycles. The number of nitrogens with zero attached hydrogens (tertiary/aromatic N) is 1. The van der Waals surface area contributed by atoms with Gasteiger partial charge in [-0.2, -0.15) is 0 Å². The zero-order valence-corrected chi connectivity index (χ0v) is 17.2. The highest BCUT2D eigenvalue weighted by molar-refractivity contribution is 6.13. The van der Waals surface area contributed by atoms with E-state index in [1.807, 2.05) is 5.32 Å². The SMILES string of the molecule is CC(C)C[C@@H]1[NH2+][C@@]2(C(=O)Nc3ccc(F)cc32)[C@H]2C(=O)N(C[C@H]3CCCO3)C(=O)[C@@H]12. The lowest BCUT2D eigenvalue weighted by molar-refractivity contribution is -0.734. The molecule has 7 nitrogen and oxygen atoms in total. The van der Waals surface area contributed by atoms with Crippen LogP contribution in [0.1, 0.15) is 38.7 Å². The van der Waals surface area contributed by atoms with Gasteiger partial charge in [0.25, 0.3) is 5.91 Å². The molecule has 1 aromatic carbocycles. The lowest BCUT2D eigenvalue weighted by Gasteiger charge is -2.27. The number of carbonyl (C=O) groups excluding carboxylic acids is 3. The van der Waals surface area contributed by atoms with E-state index < -0.39 is 23.2 Å². The molecule has 5 atom stereocenters. The van der Waals surface area contributed by atoms with Crippen molar-refractivity contribution in [3.05, 3.63) is 29.6 Å². The average molecular weight is 416 g/mol. The molecule has 0 bridgehead atoms. The Kier molecular flexibility index (Phi) is 4.48. The number of likely N-dealkylation sites (tertiary alicyclic amines) is 1. The van der Waals surface area contributed by atoms with Gasteiger partial charge in [-0.25, -0.2) is 4.39 Å². The second kappa shape index (κ2) is 6.85. The van der Waals surface area contributed by atoms with Crippen molar-refractivity contribution < 1.29 is 28.8 Å². The number of halogens is 1. The first-order chi connectivity index (χ1) is 14.3. The van der Waals surface area contributed by atoms with Crippen molar-refractivity contribution in [2.75, 3.05) is 18.5 Å². The van der Waals surface area contributed by atoms with E-state index in [-0.39, 0.29) is 42.3 Å². The molecule has 30 heavy (non-hydrogen) atoms. The molecule has 4 heterocycles. The number of fused-ring (bicyclic) bond motifs is 4. The summed E-state index contributed by atoms with van der Waals surface area (Å²) in [4.78, 5) is 41.6. The summed E-state index contributed by atoms with van der Waals surface area (Å²) < 4.78 is 19.8. The van der Waals surface area contributed by atoms with Crippen LogP contribution < -0.4 is 10.6 Å². The number of ether oxygens (including phenoxy) is 1. The summed E-state index contributed by atoms with van der Waals surface area (Å²) in [5.41, 5.74) is -0.326. The lowest BCUT2D eigenvalue weighted by Crippen LogP contribution is -2.99. The highest BCUT2D eigenvalue weighted by Gasteiger charge is 2.74. The van der Waals surface area contributed by atoms with Crippen molar-refractivity contribution in [1.29, 1.82) is 0 Å². The predicted octanol–water partition coefficient (Wildman–Crippen LogP) is 0.745. The first-order valence-electron chi connectivity index (χ1n) is 10.8. The topological polar surface area (TPSA) is 92.3 Å². The van der Waals surface area contributed by atoms with Gasteiger partial charge in [-0.1, -0.05) is 13.8 Å². The highest BCUT2D eigenvalue weighted by atomic mass is 19.1. The fourth-order valence-corrected chi connectivity index (χ4v) is 5.93. The van der Waals surface area contributed by atoms with E-state index in [0.717, 1.165) is 12.8 Å². The first-order valence-corrected chi connectivity index (χ1v) is 10.8. The van der Waals surface area contributed by atoms with Crippen LogP contribution in [0.15, 0.2) is 18.2 Å². The maximum absolute atomic E-state index is 14.2. The van der Waals surface area contributed by atoms with Crippen molar-refractivity contribution in [1.82, 2.24) is 4.90 Å². The normalized spacial score (nSPS) is 34.9. The standard InChI is InChI=1S/C22H26FN3O4/c1-11(2)8-16-17-18(20(28)26(19(17)27)10-13-4-3-7-30-13)22(25-16)14-9-12(23)5-6-15(14)24-21(22)29/h5-6,9,11,13,16-18,25H,3-4,7-8,10H2,1-2H3,(H,24,29)/p+1/t13-,16+,17+,18-,22-/m1/s1. The van der Waals surface area contributed by atoms with E-state index in [0.29, 0.717) is 24.3 Å². The lowest BCUT2D eigenvalue weighted by atomic mass is 9.76. The second-order valence-corrected chi connectivity index (χ2v) is 9.40. The zero-order chi connectivity index (χ0) is 21.2. The Morgan fingerprint density at radius 2 is 2.10 bits per heavy atom. The van der Waals surface area contributed by atoms with Crippen LogP contribution in [-0.2, 0) is 24.7 Å². The zero-order valence-electron chi connectivity index (χ0n) is 17.2. The molecule has 3 N–H and O–H groups in total. The van der Waals surface area contributed by atoms with E-state index in [9.17, 15) is 18.8 Å². The third kappa shape index (κ3) is 2.66. The van der Waals surface area contributed by atoms with Gasteiger partial charge in [-0.3, -0.25) is 19.3 Å². The monoisotopic (exact) mass is 416 g/mol. The minimum absolute atomic E-state index is 0.151. The molecule has 4 aliphatic heterocycles.